The fourth-order valence-electron chi connectivity index (χ4n) is 2.13. The molecule has 6 nitrogen and oxygen atoms in total. The number of ether oxygens (including phenoxy) is 1. The van der Waals surface area contributed by atoms with Crippen molar-refractivity contribution in [2.45, 2.75) is 18.6 Å². The molecule has 0 aliphatic carbocycles. The molecular formula is C12H18Cl2FN3O3S. The van der Waals surface area contributed by atoms with Crippen molar-refractivity contribution in [2.24, 2.45) is 5.14 Å². The number of hydrogen-bond acceptors (Lipinski definition) is 4. The summed E-state index contributed by atoms with van der Waals surface area (Å²) in [6.45, 7) is 1.26. The Bertz CT molecular complexity index is 603. The molecule has 1 aliphatic heterocycles. The SMILES string of the molecule is Cl.NS(=O)(=O)NCC1CNCCC(c2ccc(F)c(Cl)c2)O1. The molecule has 1 aromatic rings. The fourth-order valence-corrected chi connectivity index (χ4v) is 2.74. The van der Waals surface area contributed by atoms with Crippen LogP contribution in [-0.4, -0.2) is 34.2 Å². The lowest BCUT2D eigenvalue weighted by atomic mass is 10.1. The first-order chi connectivity index (χ1) is 9.85. The van der Waals surface area contributed by atoms with Crippen LogP contribution in [0.3, 0.4) is 0 Å². The van der Waals surface area contributed by atoms with Crippen molar-refractivity contribution in [3.05, 3.63) is 34.6 Å². The Morgan fingerprint density at radius 3 is 2.86 bits per heavy atom. The average molecular weight is 374 g/mol. The quantitative estimate of drug-likeness (QED) is 0.736. The summed E-state index contributed by atoms with van der Waals surface area (Å²) in [7, 11) is -3.76. The molecule has 2 rings (SSSR count). The highest BCUT2D eigenvalue weighted by atomic mass is 35.5. The van der Waals surface area contributed by atoms with E-state index >= 15 is 0 Å². The van der Waals surface area contributed by atoms with Gasteiger partial charge in [-0.25, -0.2) is 9.53 Å². The van der Waals surface area contributed by atoms with Gasteiger partial charge in [0.2, 0.25) is 0 Å². The second-order valence-corrected chi connectivity index (χ2v) is 6.59. The van der Waals surface area contributed by atoms with E-state index in [2.05, 4.69) is 10.0 Å². The van der Waals surface area contributed by atoms with Gasteiger partial charge in [-0.15, -0.1) is 12.4 Å². The Balaban J connectivity index is 0.00000242. The molecule has 0 spiro atoms. The van der Waals surface area contributed by atoms with Crippen molar-refractivity contribution in [2.75, 3.05) is 19.6 Å². The van der Waals surface area contributed by atoms with Gasteiger partial charge in [-0.1, -0.05) is 17.7 Å². The molecule has 1 saturated heterocycles. The molecule has 1 aromatic carbocycles. The van der Waals surface area contributed by atoms with Gasteiger partial charge in [-0.05, 0) is 30.7 Å². The third-order valence-corrected chi connectivity index (χ3v) is 4.00. The van der Waals surface area contributed by atoms with Crippen LogP contribution >= 0.6 is 24.0 Å². The van der Waals surface area contributed by atoms with Gasteiger partial charge in [-0.3, -0.25) is 0 Å². The maximum absolute atomic E-state index is 13.2. The smallest absolute Gasteiger partial charge is 0.274 e. The third kappa shape index (κ3) is 5.96. The Labute approximate surface area is 140 Å². The molecule has 0 bridgehead atoms. The van der Waals surface area contributed by atoms with Crippen molar-refractivity contribution >= 4 is 34.2 Å². The summed E-state index contributed by atoms with van der Waals surface area (Å²) in [6, 6.07) is 4.43. The van der Waals surface area contributed by atoms with Gasteiger partial charge in [0.25, 0.3) is 10.2 Å². The summed E-state index contributed by atoms with van der Waals surface area (Å²) in [4.78, 5) is 0. The Morgan fingerprint density at radius 1 is 1.50 bits per heavy atom. The molecule has 2 unspecified atom stereocenters. The zero-order valence-corrected chi connectivity index (χ0v) is 14.0. The standard InChI is InChI=1S/C12H17ClFN3O3S.ClH/c13-10-5-8(1-2-11(10)14)12-3-4-16-6-9(20-12)7-17-21(15,18)19;/h1-2,5,9,12,16-17H,3-4,6-7H2,(H2,15,18,19);1H. The largest absolute Gasteiger partial charge is 0.368 e. The van der Waals surface area contributed by atoms with Gasteiger partial charge in [0.1, 0.15) is 5.82 Å². The molecule has 1 fully saturated rings. The molecular weight excluding hydrogens is 356 g/mol. The number of benzene rings is 1. The van der Waals surface area contributed by atoms with Crippen molar-refractivity contribution in [3.63, 3.8) is 0 Å². The number of rotatable bonds is 4. The van der Waals surface area contributed by atoms with Gasteiger partial charge in [-0.2, -0.15) is 13.1 Å². The van der Waals surface area contributed by atoms with Gasteiger partial charge < -0.3 is 10.1 Å². The van der Waals surface area contributed by atoms with E-state index in [1.807, 2.05) is 0 Å². The first-order valence-corrected chi connectivity index (χ1v) is 8.36. The molecule has 0 saturated carbocycles. The van der Waals surface area contributed by atoms with Crippen molar-refractivity contribution < 1.29 is 17.5 Å². The average Bonchev–Trinajstić information content (AvgIpc) is 2.64. The van der Waals surface area contributed by atoms with Crippen LogP contribution in [0.1, 0.15) is 18.1 Å². The minimum absolute atomic E-state index is 0. The molecule has 1 heterocycles. The minimum atomic E-state index is -3.76. The van der Waals surface area contributed by atoms with E-state index in [0.717, 1.165) is 5.56 Å². The van der Waals surface area contributed by atoms with E-state index in [0.29, 0.717) is 19.5 Å². The lowest BCUT2D eigenvalue weighted by molar-refractivity contribution is 0.000764. The molecule has 10 heteroatoms. The molecule has 4 N–H and O–H groups in total. The molecule has 0 radical (unpaired) electrons. The van der Waals surface area contributed by atoms with Gasteiger partial charge >= 0.3 is 0 Å². The second-order valence-electron chi connectivity index (χ2n) is 4.81. The van der Waals surface area contributed by atoms with Gasteiger partial charge in [0.05, 0.1) is 17.2 Å². The van der Waals surface area contributed by atoms with Gasteiger partial charge in [0.15, 0.2) is 0 Å². The van der Waals surface area contributed by atoms with Crippen LogP contribution in [-0.2, 0) is 14.9 Å². The molecule has 0 amide bonds. The summed E-state index contributed by atoms with van der Waals surface area (Å²) in [5.41, 5.74) is 0.755. The van der Waals surface area contributed by atoms with Crippen LogP contribution in [0, 0.1) is 5.82 Å². The topological polar surface area (TPSA) is 93.5 Å². The fraction of sp³-hybridized carbons (Fsp3) is 0.500. The summed E-state index contributed by atoms with van der Waals surface area (Å²) >= 11 is 5.78. The monoisotopic (exact) mass is 373 g/mol. The highest BCUT2D eigenvalue weighted by Crippen LogP contribution is 2.27. The molecule has 22 heavy (non-hydrogen) atoms. The summed E-state index contributed by atoms with van der Waals surface area (Å²) in [5, 5.41) is 8.09. The van der Waals surface area contributed by atoms with Gasteiger partial charge in [0, 0.05) is 13.1 Å². The van der Waals surface area contributed by atoms with Crippen molar-refractivity contribution in [3.8, 4) is 0 Å². The summed E-state index contributed by atoms with van der Waals surface area (Å²) < 4.78 is 43.1. The Morgan fingerprint density at radius 2 is 2.23 bits per heavy atom. The van der Waals surface area contributed by atoms with E-state index in [1.54, 1.807) is 6.07 Å². The highest BCUT2D eigenvalue weighted by Gasteiger charge is 2.23. The zero-order chi connectivity index (χ0) is 15.5. The molecule has 2 atom stereocenters. The third-order valence-electron chi connectivity index (χ3n) is 3.14. The number of halogens is 3. The Hall–Kier alpha value is -0.480. The minimum Gasteiger partial charge on any atom is -0.368 e. The normalized spacial score (nSPS) is 22.7. The Kier molecular flexibility index (Phi) is 7.47. The van der Waals surface area contributed by atoms with Crippen LogP contribution in [0.2, 0.25) is 5.02 Å². The highest BCUT2D eigenvalue weighted by molar-refractivity contribution is 7.87. The van der Waals surface area contributed by atoms with E-state index in [1.165, 1.54) is 12.1 Å². The predicted octanol–water partition coefficient (Wildman–Crippen LogP) is 1.11. The first-order valence-electron chi connectivity index (χ1n) is 6.43. The number of hydrogen-bond donors (Lipinski definition) is 3. The van der Waals surface area contributed by atoms with E-state index in [9.17, 15) is 12.8 Å². The summed E-state index contributed by atoms with van der Waals surface area (Å²) in [5.74, 6) is -0.486. The maximum Gasteiger partial charge on any atom is 0.274 e. The number of nitrogens with two attached hydrogens (primary N) is 1. The lowest BCUT2D eigenvalue weighted by Crippen LogP contribution is -2.41. The van der Waals surface area contributed by atoms with Crippen molar-refractivity contribution in [1.82, 2.24) is 10.0 Å². The number of nitrogens with one attached hydrogen (secondary N) is 2. The van der Waals surface area contributed by atoms with Crippen LogP contribution in [0.4, 0.5) is 4.39 Å². The lowest BCUT2D eigenvalue weighted by Gasteiger charge is -2.22. The molecule has 126 valence electrons. The van der Waals surface area contributed by atoms with E-state index in [4.69, 9.17) is 21.5 Å². The van der Waals surface area contributed by atoms with Crippen LogP contribution in [0.25, 0.3) is 0 Å². The van der Waals surface area contributed by atoms with Crippen molar-refractivity contribution in [1.29, 1.82) is 0 Å². The van der Waals surface area contributed by atoms with Crippen LogP contribution in [0.5, 0.6) is 0 Å². The van der Waals surface area contributed by atoms with E-state index < -0.39 is 16.0 Å². The maximum atomic E-state index is 13.2. The van der Waals surface area contributed by atoms with Crippen LogP contribution in [0.15, 0.2) is 18.2 Å². The van der Waals surface area contributed by atoms with Crippen LogP contribution < -0.4 is 15.2 Å². The first kappa shape index (κ1) is 19.6. The molecule has 0 aromatic heterocycles. The second kappa shape index (κ2) is 8.39. The molecule has 1 aliphatic rings. The van der Waals surface area contributed by atoms with E-state index in [-0.39, 0.29) is 36.2 Å². The predicted molar refractivity (Wildman–Crippen MR) is 84.9 cm³/mol. The summed E-state index contributed by atoms with van der Waals surface area (Å²) in [6.07, 6.45) is 0.0124. The zero-order valence-electron chi connectivity index (χ0n) is 11.6.